The molecule has 0 spiro atoms. The minimum Gasteiger partial charge on any atom is -0.506 e. The zero-order chi connectivity index (χ0) is 13.1. The highest BCUT2D eigenvalue weighted by atomic mass is 32.2. The molecular formula is C13H11NO3S. The van der Waals surface area contributed by atoms with Gasteiger partial charge in [-0.2, -0.15) is 0 Å². The van der Waals surface area contributed by atoms with Crippen LogP contribution in [0.3, 0.4) is 0 Å². The maximum absolute atomic E-state index is 10.7. The smallest absolute Gasteiger partial charge is 0.335 e. The molecule has 92 valence electrons. The molecule has 0 aromatic heterocycles. The second-order valence-electron chi connectivity index (χ2n) is 3.65. The van der Waals surface area contributed by atoms with Crippen LogP contribution in [-0.4, -0.2) is 16.2 Å². The lowest BCUT2D eigenvalue weighted by Gasteiger charge is -2.04. The van der Waals surface area contributed by atoms with Gasteiger partial charge in [-0.1, -0.05) is 11.8 Å². The lowest BCUT2D eigenvalue weighted by molar-refractivity contribution is 0.0697. The second-order valence-corrected chi connectivity index (χ2v) is 4.80. The number of benzene rings is 2. The first-order valence-electron chi connectivity index (χ1n) is 5.16. The fourth-order valence-corrected chi connectivity index (χ4v) is 2.26. The highest BCUT2D eigenvalue weighted by Gasteiger charge is 2.04. The van der Waals surface area contributed by atoms with Gasteiger partial charge in [0, 0.05) is 9.79 Å². The van der Waals surface area contributed by atoms with E-state index < -0.39 is 5.97 Å². The van der Waals surface area contributed by atoms with Gasteiger partial charge in [0.15, 0.2) is 0 Å². The van der Waals surface area contributed by atoms with E-state index in [0.717, 1.165) is 9.79 Å². The summed E-state index contributed by atoms with van der Waals surface area (Å²) < 4.78 is 0. The van der Waals surface area contributed by atoms with Crippen molar-refractivity contribution >= 4 is 23.4 Å². The molecular weight excluding hydrogens is 250 g/mol. The fraction of sp³-hybridized carbons (Fsp3) is 0. The minimum atomic E-state index is -0.944. The van der Waals surface area contributed by atoms with Gasteiger partial charge in [-0.05, 0) is 42.5 Å². The molecule has 0 aliphatic rings. The number of aromatic carboxylic acids is 1. The number of hydrogen-bond donors (Lipinski definition) is 3. The Kier molecular flexibility index (Phi) is 3.43. The van der Waals surface area contributed by atoms with Gasteiger partial charge in [0.25, 0.3) is 0 Å². The summed E-state index contributed by atoms with van der Waals surface area (Å²) in [6.07, 6.45) is 0. The van der Waals surface area contributed by atoms with E-state index in [2.05, 4.69) is 0 Å². The van der Waals surface area contributed by atoms with Crippen LogP contribution in [0.4, 0.5) is 5.69 Å². The first-order valence-corrected chi connectivity index (χ1v) is 5.97. The van der Waals surface area contributed by atoms with Crippen LogP contribution in [0.2, 0.25) is 0 Å². The van der Waals surface area contributed by atoms with Crippen molar-refractivity contribution in [1.29, 1.82) is 0 Å². The van der Waals surface area contributed by atoms with Gasteiger partial charge in [0.1, 0.15) is 5.75 Å². The molecule has 0 heterocycles. The summed E-state index contributed by atoms with van der Waals surface area (Å²) in [6.45, 7) is 0. The molecule has 0 bridgehead atoms. The number of nitrogens with two attached hydrogens (primary N) is 1. The molecule has 4 N–H and O–H groups in total. The molecule has 0 amide bonds. The van der Waals surface area contributed by atoms with Crippen molar-refractivity contribution < 1.29 is 15.0 Å². The van der Waals surface area contributed by atoms with Crippen LogP contribution in [0.1, 0.15) is 10.4 Å². The van der Waals surface area contributed by atoms with Crippen LogP contribution in [0.5, 0.6) is 5.75 Å². The highest BCUT2D eigenvalue weighted by molar-refractivity contribution is 7.99. The van der Waals surface area contributed by atoms with Crippen LogP contribution < -0.4 is 5.73 Å². The Balaban J connectivity index is 2.18. The van der Waals surface area contributed by atoms with Crippen molar-refractivity contribution in [2.75, 3.05) is 5.73 Å². The predicted molar refractivity (Wildman–Crippen MR) is 70.0 cm³/mol. The fourth-order valence-electron chi connectivity index (χ4n) is 1.40. The summed E-state index contributed by atoms with van der Waals surface area (Å²) in [4.78, 5) is 12.5. The van der Waals surface area contributed by atoms with Crippen molar-refractivity contribution in [2.24, 2.45) is 0 Å². The Morgan fingerprint density at radius 3 is 2.22 bits per heavy atom. The van der Waals surface area contributed by atoms with E-state index in [-0.39, 0.29) is 11.3 Å². The lowest BCUT2D eigenvalue weighted by atomic mass is 10.2. The van der Waals surface area contributed by atoms with Gasteiger partial charge in [-0.3, -0.25) is 0 Å². The highest BCUT2D eigenvalue weighted by Crippen LogP contribution is 2.32. The molecule has 2 rings (SSSR count). The average molecular weight is 261 g/mol. The molecule has 0 radical (unpaired) electrons. The number of aromatic hydroxyl groups is 1. The number of phenols is 1. The number of carboxylic acid groups (broad SMARTS) is 1. The Morgan fingerprint density at radius 1 is 1.06 bits per heavy atom. The monoisotopic (exact) mass is 261 g/mol. The van der Waals surface area contributed by atoms with E-state index in [9.17, 15) is 9.90 Å². The standard InChI is InChI=1S/C13H11NO3S/c14-11-7-10(5-6-12(11)15)18-9-3-1-8(2-4-9)13(16)17/h1-7,15H,14H2,(H,16,17). The summed E-state index contributed by atoms with van der Waals surface area (Å²) in [5, 5.41) is 18.1. The predicted octanol–water partition coefficient (Wildman–Crippen LogP) is 2.82. The van der Waals surface area contributed by atoms with E-state index in [1.165, 1.54) is 17.8 Å². The number of carbonyl (C=O) groups is 1. The van der Waals surface area contributed by atoms with E-state index in [1.54, 1.807) is 36.4 Å². The van der Waals surface area contributed by atoms with Crippen LogP contribution in [-0.2, 0) is 0 Å². The van der Waals surface area contributed by atoms with E-state index in [0.29, 0.717) is 5.69 Å². The molecule has 0 fully saturated rings. The number of rotatable bonds is 3. The van der Waals surface area contributed by atoms with Gasteiger partial charge < -0.3 is 15.9 Å². The van der Waals surface area contributed by atoms with Crippen LogP contribution in [0.25, 0.3) is 0 Å². The summed E-state index contributed by atoms with van der Waals surface area (Å²) in [5.74, 6) is -0.888. The molecule has 18 heavy (non-hydrogen) atoms. The van der Waals surface area contributed by atoms with Gasteiger partial charge in [-0.15, -0.1) is 0 Å². The van der Waals surface area contributed by atoms with Crippen LogP contribution in [0.15, 0.2) is 52.3 Å². The summed E-state index contributed by atoms with van der Waals surface area (Å²) in [6, 6.07) is 11.5. The molecule has 0 atom stereocenters. The van der Waals surface area contributed by atoms with Crippen molar-refractivity contribution in [1.82, 2.24) is 0 Å². The van der Waals surface area contributed by atoms with Crippen molar-refractivity contribution in [2.45, 2.75) is 9.79 Å². The molecule has 5 heteroatoms. The Hall–Kier alpha value is -2.14. The zero-order valence-electron chi connectivity index (χ0n) is 9.33. The maximum atomic E-state index is 10.7. The number of hydrogen-bond acceptors (Lipinski definition) is 4. The number of phenolic OH excluding ortho intramolecular Hbond substituents is 1. The molecule has 4 nitrogen and oxygen atoms in total. The first kappa shape index (κ1) is 12.3. The number of nitrogen functional groups attached to an aromatic ring is 1. The van der Waals surface area contributed by atoms with E-state index in [4.69, 9.17) is 10.8 Å². The van der Waals surface area contributed by atoms with Crippen LogP contribution >= 0.6 is 11.8 Å². The zero-order valence-corrected chi connectivity index (χ0v) is 10.1. The van der Waals surface area contributed by atoms with Crippen molar-refractivity contribution in [3.05, 3.63) is 48.0 Å². The summed E-state index contributed by atoms with van der Waals surface area (Å²) in [7, 11) is 0. The van der Waals surface area contributed by atoms with Gasteiger partial charge in [0.05, 0.1) is 11.3 Å². The molecule has 2 aromatic rings. The van der Waals surface area contributed by atoms with Gasteiger partial charge >= 0.3 is 5.97 Å². The van der Waals surface area contributed by atoms with E-state index >= 15 is 0 Å². The minimum absolute atomic E-state index is 0.0561. The van der Waals surface area contributed by atoms with Gasteiger partial charge in [0.2, 0.25) is 0 Å². The van der Waals surface area contributed by atoms with Crippen molar-refractivity contribution in [3.63, 3.8) is 0 Å². The molecule has 0 saturated carbocycles. The molecule has 0 unspecified atom stereocenters. The normalized spacial score (nSPS) is 10.2. The number of anilines is 1. The average Bonchev–Trinajstić information content (AvgIpc) is 2.34. The largest absolute Gasteiger partial charge is 0.506 e. The Labute approximate surface area is 108 Å². The third-order valence-electron chi connectivity index (χ3n) is 2.34. The topological polar surface area (TPSA) is 83.6 Å². The van der Waals surface area contributed by atoms with Gasteiger partial charge in [-0.25, -0.2) is 4.79 Å². The number of carboxylic acids is 1. The molecule has 2 aromatic carbocycles. The summed E-state index contributed by atoms with van der Waals surface area (Å²) in [5.41, 5.74) is 6.17. The maximum Gasteiger partial charge on any atom is 0.335 e. The van der Waals surface area contributed by atoms with E-state index in [1.807, 2.05) is 0 Å². The molecule has 0 aliphatic carbocycles. The van der Waals surface area contributed by atoms with Crippen molar-refractivity contribution in [3.8, 4) is 5.75 Å². The SMILES string of the molecule is Nc1cc(Sc2ccc(C(=O)O)cc2)ccc1O. The summed E-state index contributed by atoms with van der Waals surface area (Å²) >= 11 is 1.45. The third-order valence-corrected chi connectivity index (χ3v) is 3.33. The Bertz CT molecular complexity index is 581. The third kappa shape index (κ3) is 2.75. The second kappa shape index (κ2) is 5.01. The molecule has 0 saturated heterocycles. The van der Waals surface area contributed by atoms with Crippen LogP contribution in [0, 0.1) is 0 Å². The quantitative estimate of drug-likeness (QED) is 0.584. The molecule has 0 aliphatic heterocycles. The first-order chi connectivity index (χ1) is 8.56. The lowest BCUT2D eigenvalue weighted by Crippen LogP contribution is -1.94. The Morgan fingerprint density at radius 2 is 1.67 bits per heavy atom.